The fraction of sp³-hybridized carbons (Fsp3) is 0.214. The predicted octanol–water partition coefficient (Wildman–Crippen LogP) is 1.11. The number of aromatic nitrogens is 1. The van der Waals surface area contributed by atoms with Crippen molar-refractivity contribution in [1.82, 2.24) is 10.5 Å². The van der Waals surface area contributed by atoms with E-state index in [0.29, 0.717) is 11.3 Å². The van der Waals surface area contributed by atoms with Crippen LogP contribution < -0.4 is 5.32 Å². The molecule has 0 saturated heterocycles. The van der Waals surface area contributed by atoms with E-state index in [9.17, 15) is 19.8 Å². The van der Waals surface area contributed by atoms with Gasteiger partial charge in [0.1, 0.15) is 17.6 Å². The molecule has 1 atom stereocenters. The second-order valence-corrected chi connectivity index (χ2v) is 4.56. The van der Waals surface area contributed by atoms with Crippen LogP contribution in [0, 0.1) is 6.92 Å². The van der Waals surface area contributed by atoms with Crippen LogP contribution in [-0.2, 0) is 11.2 Å². The summed E-state index contributed by atoms with van der Waals surface area (Å²) >= 11 is 0. The molecule has 0 saturated carbocycles. The van der Waals surface area contributed by atoms with Gasteiger partial charge in [0, 0.05) is 12.5 Å². The maximum absolute atomic E-state index is 11.9. The van der Waals surface area contributed by atoms with E-state index >= 15 is 0 Å². The summed E-state index contributed by atoms with van der Waals surface area (Å²) in [7, 11) is 0. The van der Waals surface area contributed by atoms with Crippen LogP contribution in [0.1, 0.15) is 21.8 Å². The van der Waals surface area contributed by atoms with Gasteiger partial charge in [0.2, 0.25) is 0 Å². The van der Waals surface area contributed by atoms with Crippen LogP contribution in [0.4, 0.5) is 0 Å². The van der Waals surface area contributed by atoms with Gasteiger partial charge in [0.05, 0.1) is 0 Å². The van der Waals surface area contributed by atoms with Crippen LogP contribution in [0.3, 0.4) is 0 Å². The molecule has 1 aromatic carbocycles. The molecule has 2 rings (SSSR count). The van der Waals surface area contributed by atoms with E-state index < -0.39 is 17.9 Å². The third-order valence-electron chi connectivity index (χ3n) is 2.84. The summed E-state index contributed by atoms with van der Waals surface area (Å²) in [6.07, 6.45) is 0.0954. The Balaban J connectivity index is 2.07. The van der Waals surface area contributed by atoms with Gasteiger partial charge in [-0.1, -0.05) is 17.3 Å². The number of aliphatic carboxylic acids is 1. The number of carboxylic acid groups (broad SMARTS) is 1. The fourth-order valence-electron chi connectivity index (χ4n) is 1.77. The highest BCUT2D eigenvalue weighted by molar-refractivity contribution is 5.94. The van der Waals surface area contributed by atoms with E-state index in [2.05, 4.69) is 10.5 Å². The minimum absolute atomic E-state index is 0.0319. The van der Waals surface area contributed by atoms with Crippen molar-refractivity contribution < 1.29 is 24.3 Å². The van der Waals surface area contributed by atoms with Crippen molar-refractivity contribution in [2.45, 2.75) is 19.4 Å². The van der Waals surface area contributed by atoms with Crippen molar-refractivity contribution >= 4 is 11.9 Å². The van der Waals surface area contributed by atoms with Gasteiger partial charge in [-0.2, -0.15) is 0 Å². The van der Waals surface area contributed by atoms with Crippen molar-refractivity contribution in [2.75, 3.05) is 0 Å². The van der Waals surface area contributed by atoms with Crippen molar-refractivity contribution in [3.05, 3.63) is 47.3 Å². The molecular weight excluding hydrogens is 276 g/mol. The third kappa shape index (κ3) is 3.82. The van der Waals surface area contributed by atoms with E-state index in [1.54, 1.807) is 19.1 Å². The maximum Gasteiger partial charge on any atom is 0.326 e. The summed E-state index contributed by atoms with van der Waals surface area (Å²) in [6, 6.07) is 6.43. The largest absolute Gasteiger partial charge is 0.508 e. The van der Waals surface area contributed by atoms with Crippen LogP contribution in [0.15, 0.2) is 34.9 Å². The van der Waals surface area contributed by atoms with Crippen molar-refractivity contribution in [3.63, 3.8) is 0 Å². The molecule has 1 aromatic heterocycles. The quantitative estimate of drug-likeness (QED) is 0.760. The number of amides is 1. The molecule has 1 amide bonds. The molecule has 1 heterocycles. The van der Waals surface area contributed by atoms with Gasteiger partial charge >= 0.3 is 5.97 Å². The van der Waals surface area contributed by atoms with E-state index in [-0.39, 0.29) is 17.9 Å². The molecule has 0 aliphatic rings. The van der Waals surface area contributed by atoms with E-state index in [1.807, 2.05) is 0 Å². The highest BCUT2D eigenvalue weighted by Crippen LogP contribution is 2.12. The molecular formula is C14H14N2O5. The van der Waals surface area contributed by atoms with Gasteiger partial charge in [-0.15, -0.1) is 0 Å². The molecule has 7 nitrogen and oxygen atoms in total. The Morgan fingerprint density at radius 2 is 2.00 bits per heavy atom. The molecule has 1 unspecified atom stereocenters. The molecule has 0 spiro atoms. The van der Waals surface area contributed by atoms with Crippen molar-refractivity contribution in [2.24, 2.45) is 0 Å². The number of nitrogens with one attached hydrogen (secondary N) is 1. The second kappa shape index (κ2) is 6.08. The molecule has 0 fully saturated rings. The molecule has 3 N–H and O–H groups in total. The molecule has 2 aromatic rings. The Kier molecular flexibility index (Phi) is 4.22. The lowest BCUT2D eigenvalue weighted by Gasteiger charge is -2.13. The first kappa shape index (κ1) is 14.6. The summed E-state index contributed by atoms with van der Waals surface area (Å²) in [5, 5.41) is 24.3. The summed E-state index contributed by atoms with van der Waals surface area (Å²) in [5.41, 5.74) is 0.710. The van der Waals surface area contributed by atoms with E-state index in [1.165, 1.54) is 18.2 Å². The van der Waals surface area contributed by atoms with Crippen LogP contribution in [-0.4, -0.2) is 33.3 Å². The lowest BCUT2D eigenvalue weighted by Crippen LogP contribution is -2.42. The predicted molar refractivity (Wildman–Crippen MR) is 71.9 cm³/mol. The minimum Gasteiger partial charge on any atom is -0.508 e. The SMILES string of the molecule is Cc1cc(C(=O)NC(Cc2ccc(O)cc2)C(=O)O)no1. The number of carbonyl (C=O) groups is 2. The Hall–Kier alpha value is -2.83. The number of nitrogens with zero attached hydrogens (tertiary/aromatic N) is 1. The number of hydrogen-bond donors (Lipinski definition) is 3. The van der Waals surface area contributed by atoms with Gasteiger partial charge in [0.15, 0.2) is 5.69 Å². The summed E-state index contributed by atoms with van der Waals surface area (Å²) in [4.78, 5) is 23.1. The number of hydrogen-bond acceptors (Lipinski definition) is 5. The lowest BCUT2D eigenvalue weighted by molar-refractivity contribution is -0.139. The zero-order valence-corrected chi connectivity index (χ0v) is 11.2. The van der Waals surface area contributed by atoms with Gasteiger partial charge in [0.25, 0.3) is 5.91 Å². The zero-order chi connectivity index (χ0) is 15.4. The van der Waals surface area contributed by atoms with Crippen LogP contribution in [0.25, 0.3) is 0 Å². The number of phenols is 1. The summed E-state index contributed by atoms with van der Waals surface area (Å²) in [5.74, 6) is -1.21. The molecule has 0 bridgehead atoms. The lowest BCUT2D eigenvalue weighted by atomic mass is 10.1. The minimum atomic E-state index is -1.16. The average molecular weight is 290 g/mol. The van der Waals surface area contributed by atoms with Gasteiger partial charge in [-0.3, -0.25) is 4.79 Å². The van der Waals surface area contributed by atoms with Crippen LogP contribution in [0.2, 0.25) is 0 Å². The normalized spacial score (nSPS) is 11.9. The van der Waals surface area contributed by atoms with Gasteiger partial charge < -0.3 is 20.1 Å². The maximum atomic E-state index is 11.9. The summed E-state index contributed by atoms with van der Waals surface area (Å²) < 4.78 is 4.77. The van der Waals surface area contributed by atoms with Crippen LogP contribution >= 0.6 is 0 Å². The van der Waals surface area contributed by atoms with Crippen molar-refractivity contribution in [1.29, 1.82) is 0 Å². The van der Waals surface area contributed by atoms with Gasteiger partial charge in [-0.05, 0) is 24.6 Å². The zero-order valence-electron chi connectivity index (χ0n) is 11.2. The Bertz CT molecular complexity index is 648. The first-order valence-corrected chi connectivity index (χ1v) is 6.20. The second-order valence-electron chi connectivity index (χ2n) is 4.56. The molecule has 0 aliphatic carbocycles. The molecule has 21 heavy (non-hydrogen) atoms. The fourth-order valence-corrected chi connectivity index (χ4v) is 1.77. The van der Waals surface area contributed by atoms with Crippen molar-refractivity contribution in [3.8, 4) is 5.75 Å². The van der Waals surface area contributed by atoms with Crippen LogP contribution in [0.5, 0.6) is 5.75 Å². The molecule has 0 aliphatic heterocycles. The number of carbonyl (C=O) groups excluding carboxylic acids is 1. The number of phenolic OH excluding ortho intramolecular Hbond substituents is 1. The van der Waals surface area contributed by atoms with E-state index in [0.717, 1.165) is 0 Å². The van der Waals surface area contributed by atoms with E-state index in [4.69, 9.17) is 4.52 Å². The Labute approximate surface area is 120 Å². The average Bonchev–Trinajstić information content (AvgIpc) is 2.87. The number of aromatic hydroxyl groups is 1. The standard InChI is InChI=1S/C14H14N2O5/c1-8-6-11(16-21-8)13(18)15-12(14(19)20)7-9-2-4-10(17)5-3-9/h2-6,12,17H,7H2,1H3,(H,15,18)(H,19,20). The summed E-state index contributed by atoms with van der Waals surface area (Å²) in [6.45, 7) is 1.63. The number of rotatable bonds is 5. The first-order valence-electron chi connectivity index (χ1n) is 6.20. The number of aryl methyl sites for hydroxylation is 1. The smallest absolute Gasteiger partial charge is 0.326 e. The molecule has 110 valence electrons. The third-order valence-corrected chi connectivity index (χ3v) is 2.84. The molecule has 7 heteroatoms. The monoisotopic (exact) mass is 290 g/mol. The topological polar surface area (TPSA) is 113 Å². The Morgan fingerprint density at radius 3 is 2.52 bits per heavy atom. The highest BCUT2D eigenvalue weighted by atomic mass is 16.5. The highest BCUT2D eigenvalue weighted by Gasteiger charge is 2.22. The Morgan fingerprint density at radius 1 is 1.33 bits per heavy atom. The number of benzene rings is 1. The number of carboxylic acids is 1. The molecule has 0 radical (unpaired) electrons. The first-order chi connectivity index (χ1) is 9.95. The van der Waals surface area contributed by atoms with Gasteiger partial charge in [-0.25, -0.2) is 4.79 Å².